The van der Waals surface area contributed by atoms with Crippen molar-refractivity contribution in [3.05, 3.63) is 162 Å². The zero-order valence-electron chi connectivity index (χ0n) is 21.8. The Hall–Kier alpha value is -4.36. The Bertz CT molecular complexity index is 1400. The molecule has 0 amide bonds. The first-order valence-electron chi connectivity index (χ1n) is 12.9. The van der Waals surface area contributed by atoms with Crippen LogP contribution >= 0.6 is 0 Å². The number of nitrogens with zero attached hydrogens (tertiary/aromatic N) is 1. The third-order valence-electron chi connectivity index (χ3n) is 6.64. The van der Waals surface area contributed by atoms with Gasteiger partial charge in [-0.2, -0.15) is 0 Å². The summed E-state index contributed by atoms with van der Waals surface area (Å²) in [5.41, 5.74) is 9.70. The van der Waals surface area contributed by atoms with E-state index in [2.05, 4.69) is 171 Å². The average molecular weight is 480 g/mol. The predicted octanol–water partition coefficient (Wildman–Crippen LogP) is 10.0. The molecule has 1 nitrogen and oxygen atoms in total. The van der Waals surface area contributed by atoms with Crippen LogP contribution < -0.4 is 4.90 Å². The van der Waals surface area contributed by atoms with Crippen LogP contribution in [0.3, 0.4) is 0 Å². The van der Waals surface area contributed by atoms with Crippen molar-refractivity contribution >= 4 is 28.7 Å². The highest BCUT2D eigenvalue weighted by atomic mass is 15.1. The fourth-order valence-corrected chi connectivity index (χ4v) is 4.59. The van der Waals surface area contributed by atoms with E-state index < -0.39 is 0 Å². The predicted molar refractivity (Wildman–Crippen MR) is 160 cm³/mol. The number of anilines is 3. The van der Waals surface area contributed by atoms with Crippen LogP contribution in [-0.4, -0.2) is 0 Å². The van der Waals surface area contributed by atoms with Crippen molar-refractivity contribution in [2.75, 3.05) is 4.90 Å². The molecule has 0 radical (unpaired) electrons. The van der Waals surface area contributed by atoms with Crippen LogP contribution in [0.25, 0.3) is 11.6 Å². The molecule has 0 saturated heterocycles. The highest BCUT2D eigenvalue weighted by molar-refractivity contribution is 5.92. The molecule has 5 rings (SSSR count). The zero-order valence-corrected chi connectivity index (χ0v) is 21.8. The van der Waals surface area contributed by atoms with Crippen molar-refractivity contribution in [2.24, 2.45) is 0 Å². The largest absolute Gasteiger partial charge is 0.311 e. The summed E-state index contributed by atoms with van der Waals surface area (Å²) >= 11 is 0. The van der Waals surface area contributed by atoms with Gasteiger partial charge in [0, 0.05) is 17.1 Å². The van der Waals surface area contributed by atoms with E-state index in [9.17, 15) is 0 Å². The molecule has 37 heavy (non-hydrogen) atoms. The summed E-state index contributed by atoms with van der Waals surface area (Å²) in [6.07, 6.45) is 2.29. The maximum Gasteiger partial charge on any atom is 0.0462 e. The van der Waals surface area contributed by atoms with E-state index in [-0.39, 0.29) is 5.41 Å². The molecule has 5 aromatic carbocycles. The highest BCUT2D eigenvalue weighted by Gasteiger charge is 2.14. The lowest BCUT2D eigenvalue weighted by molar-refractivity contribution is 0.590. The summed E-state index contributed by atoms with van der Waals surface area (Å²) in [5, 5.41) is 0. The quantitative estimate of drug-likeness (QED) is 0.219. The van der Waals surface area contributed by atoms with Crippen LogP contribution in [-0.2, 0) is 5.41 Å². The second kappa shape index (κ2) is 10.7. The Balaban J connectivity index is 1.55. The topological polar surface area (TPSA) is 3.24 Å². The molecule has 0 fully saturated rings. The third-order valence-corrected chi connectivity index (χ3v) is 6.64. The summed E-state index contributed by atoms with van der Waals surface area (Å²) in [7, 11) is 0. The van der Waals surface area contributed by atoms with E-state index in [1.807, 2.05) is 0 Å². The lowest BCUT2D eigenvalue weighted by atomic mass is 9.86. The van der Waals surface area contributed by atoms with Gasteiger partial charge in [-0.1, -0.05) is 124 Å². The van der Waals surface area contributed by atoms with Crippen LogP contribution in [0.5, 0.6) is 0 Å². The minimum Gasteiger partial charge on any atom is -0.311 e. The average Bonchev–Trinajstić information content (AvgIpc) is 2.94. The van der Waals surface area contributed by atoms with Crippen LogP contribution in [0.2, 0.25) is 0 Å². The van der Waals surface area contributed by atoms with E-state index in [4.69, 9.17) is 0 Å². The summed E-state index contributed by atoms with van der Waals surface area (Å²) in [6, 6.07) is 49.5. The number of hydrogen-bond donors (Lipinski definition) is 0. The van der Waals surface area contributed by atoms with Crippen LogP contribution in [0, 0.1) is 0 Å². The highest BCUT2D eigenvalue weighted by Crippen LogP contribution is 2.36. The summed E-state index contributed by atoms with van der Waals surface area (Å²) in [6.45, 7) is 6.76. The Morgan fingerprint density at radius 1 is 0.486 bits per heavy atom. The molecule has 0 heterocycles. The molecular formula is C36H33N. The summed E-state index contributed by atoms with van der Waals surface area (Å²) in [5.74, 6) is 0. The van der Waals surface area contributed by atoms with Gasteiger partial charge in [0.15, 0.2) is 0 Å². The van der Waals surface area contributed by atoms with Gasteiger partial charge in [-0.3, -0.25) is 0 Å². The minimum atomic E-state index is 0.143. The lowest BCUT2D eigenvalue weighted by Crippen LogP contribution is -2.10. The summed E-state index contributed by atoms with van der Waals surface area (Å²) in [4.78, 5) is 2.29. The van der Waals surface area contributed by atoms with Crippen LogP contribution in [0.4, 0.5) is 17.1 Å². The molecule has 0 saturated carbocycles. The molecule has 0 atom stereocenters. The molecule has 0 aliphatic carbocycles. The fourth-order valence-electron chi connectivity index (χ4n) is 4.59. The molecule has 5 aromatic rings. The van der Waals surface area contributed by atoms with Gasteiger partial charge in [-0.15, -0.1) is 0 Å². The number of para-hydroxylation sites is 2. The SMILES string of the molecule is CC(C)(C)c1ccc(/C=C(\c2ccccc2)c2ccc(N(c3ccccc3)c3ccccc3)cc2)cc1. The Morgan fingerprint density at radius 2 is 0.919 bits per heavy atom. The lowest BCUT2D eigenvalue weighted by Gasteiger charge is -2.25. The number of rotatable bonds is 6. The maximum absolute atomic E-state index is 2.29. The number of hydrogen-bond acceptors (Lipinski definition) is 1. The molecule has 0 unspecified atom stereocenters. The normalized spacial score (nSPS) is 11.8. The Morgan fingerprint density at radius 3 is 1.41 bits per heavy atom. The summed E-state index contributed by atoms with van der Waals surface area (Å²) < 4.78 is 0. The van der Waals surface area contributed by atoms with Crippen LogP contribution in [0.1, 0.15) is 43.0 Å². The smallest absolute Gasteiger partial charge is 0.0462 e. The maximum atomic E-state index is 2.29. The minimum absolute atomic E-state index is 0.143. The van der Waals surface area contributed by atoms with E-state index in [0.29, 0.717) is 0 Å². The molecule has 0 aliphatic rings. The third kappa shape index (κ3) is 5.73. The van der Waals surface area contributed by atoms with Gasteiger partial charge in [0.05, 0.1) is 0 Å². The molecule has 0 aliphatic heterocycles. The Labute approximate surface area is 221 Å². The molecule has 182 valence electrons. The van der Waals surface area contributed by atoms with Crippen molar-refractivity contribution in [3.63, 3.8) is 0 Å². The standard InChI is InChI=1S/C36H33N/c1-36(2,3)31-23-19-28(20-24-31)27-35(29-13-7-4-8-14-29)30-21-25-34(26-22-30)37(32-15-9-5-10-16-32)33-17-11-6-12-18-33/h4-27H,1-3H3/b35-27+. The van der Waals surface area contributed by atoms with E-state index in [1.54, 1.807) is 0 Å². The molecule has 0 bridgehead atoms. The van der Waals surface area contributed by atoms with Crippen molar-refractivity contribution in [1.29, 1.82) is 0 Å². The van der Waals surface area contributed by atoms with E-state index >= 15 is 0 Å². The van der Waals surface area contributed by atoms with Gasteiger partial charge in [-0.25, -0.2) is 0 Å². The second-order valence-electron chi connectivity index (χ2n) is 10.3. The van der Waals surface area contributed by atoms with Crippen molar-refractivity contribution < 1.29 is 0 Å². The van der Waals surface area contributed by atoms with E-state index in [1.165, 1.54) is 27.8 Å². The monoisotopic (exact) mass is 479 g/mol. The van der Waals surface area contributed by atoms with Crippen molar-refractivity contribution in [3.8, 4) is 0 Å². The molecular weight excluding hydrogens is 446 g/mol. The molecule has 0 N–H and O–H groups in total. The van der Waals surface area contributed by atoms with E-state index in [0.717, 1.165) is 17.1 Å². The first kappa shape index (κ1) is 24.3. The Kier molecular flexibility index (Phi) is 7.05. The molecule has 0 aromatic heterocycles. The van der Waals surface area contributed by atoms with Crippen molar-refractivity contribution in [2.45, 2.75) is 26.2 Å². The van der Waals surface area contributed by atoms with Crippen molar-refractivity contribution in [1.82, 2.24) is 0 Å². The molecule has 0 spiro atoms. The van der Waals surface area contributed by atoms with Crippen LogP contribution in [0.15, 0.2) is 140 Å². The van der Waals surface area contributed by atoms with Gasteiger partial charge < -0.3 is 4.90 Å². The zero-order chi connectivity index (χ0) is 25.7. The van der Waals surface area contributed by atoms with Gasteiger partial charge >= 0.3 is 0 Å². The van der Waals surface area contributed by atoms with Gasteiger partial charge in [0.1, 0.15) is 0 Å². The molecule has 1 heteroatoms. The first-order valence-corrected chi connectivity index (χ1v) is 12.9. The number of benzene rings is 5. The fraction of sp³-hybridized carbons (Fsp3) is 0.111. The first-order chi connectivity index (χ1) is 18.0. The van der Waals surface area contributed by atoms with Gasteiger partial charge in [0.25, 0.3) is 0 Å². The second-order valence-corrected chi connectivity index (χ2v) is 10.3. The van der Waals surface area contributed by atoms with Gasteiger partial charge in [0.2, 0.25) is 0 Å². The van der Waals surface area contributed by atoms with Gasteiger partial charge in [-0.05, 0) is 75.7 Å².